The molecule has 0 spiro atoms. The minimum atomic E-state index is -0.593. The number of hydrogen-bond donors (Lipinski definition) is 1. The van der Waals surface area contributed by atoms with Crippen molar-refractivity contribution in [3.05, 3.63) is 58.3 Å². The topological polar surface area (TPSA) is 42.4 Å². The highest BCUT2D eigenvalue weighted by atomic mass is 79.9. The number of aliphatic hydroxyl groups excluding tert-OH is 1. The van der Waals surface area contributed by atoms with E-state index in [0.717, 1.165) is 15.6 Å². The minimum absolute atomic E-state index is 0.549. The molecule has 0 aliphatic rings. The van der Waals surface area contributed by atoms with Crippen molar-refractivity contribution >= 4 is 15.9 Å². The van der Waals surface area contributed by atoms with E-state index in [1.54, 1.807) is 25.6 Å². The molecule has 4 heteroatoms. The van der Waals surface area contributed by atoms with E-state index in [1.807, 2.05) is 24.3 Å². The molecule has 1 aromatic carbocycles. The van der Waals surface area contributed by atoms with Crippen LogP contribution in [0.2, 0.25) is 0 Å². The Balaban J connectivity index is 2.16. The minimum Gasteiger partial charge on any atom is -0.495 e. The van der Waals surface area contributed by atoms with E-state index in [0.29, 0.717) is 12.2 Å². The summed E-state index contributed by atoms with van der Waals surface area (Å²) < 4.78 is 6.22. The molecule has 0 saturated heterocycles. The normalized spacial score (nSPS) is 12.2. The van der Waals surface area contributed by atoms with Crippen molar-refractivity contribution in [1.29, 1.82) is 0 Å². The van der Waals surface area contributed by atoms with Crippen LogP contribution >= 0.6 is 15.9 Å². The fourth-order valence-corrected chi connectivity index (χ4v) is 2.05. The van der Waals surface area contributed by atoms with E-state index in [2.05, 4.69) is 20.9 Å². The zero-order valence-electron chi connectivity index (χ0n) is 10.0. The highest BCUT2D eigenvalue weighted by Gasteiger charge is 2.13. The fourth-order valence-electron chi connectivity index (χ4n) is 1.79. The maximum Gasteiger partial charge on any atom is 0.142 e. The van der Waals surface area contributed by atoms with Gasteiger partial charge in [-0.05, 0) is 23.8 Å². The van der Waals surface area contributed by atoms with Crippen LogP contribution in [0.25, 0.3) is 0 Å². The molecular formula is C14H14BrNO2. The lowest BCUT2D eigenvalue weighted by Gasteiger charge is -2.14. The summed E-state index contributed by atoms with van der Waals surface area (Å²) in [7, 11) is 1.58. The van der Waals surface area contributed by atoms with Crippen molar-refractivity contribution in [3.8, 4) is 5.75 Å². The van der Waals surface area contributed by atoms with Crippen molar-refractivity contribution in [1.82, 2.24) is 4.98 Å². The second-order valence-electron chi connectivity index (χ2n) is 3.96. The van der Waals surface area contributed by atoms with E-state index < -0.39 is 6.10 Å². The summed E-state index contributed by atoms with van der Waals surface area (Å²) in [4.78, 5) is 3.97. The van der Waals surface area contributed by atoms with Crippen molar-refractivity contribution < 1.29 is 9.84 Å². The van der Waals surface area contributed by atoms with Crippen LogP contribution in [0.15, 0.2) is 47.2 Å². The van der Waals surface area contributed by atoms with E-state index in [9.17, 15) is 5.11 Å². The lowest BCUT2D eigenvalue weighted by Crippen LogP contribution is -2.04. The van der Waals surface area contributed by atoms with Gasteiger partial charge in [0, 0.05) is 22.7 Å². The van der Waals surface area contributed by atoms with Crippen molar-refractivity contribution in [2.24, 2.45) is 0 Å². The van der Waals surface area contributed by atoms with Crippen molar-refractivity contribution in [3.63, 3.8) is 0 Å². The zero-order valence-corrected chi connectivity index (χ0v) is 11.6. The molecule has 1 N–H and O–H groups in total. The van der Waals surface area contributed by atoms with E-state index in [-0.39, 0.29) is 0 Å². The predicted octanol–water partition coefficient (Wildman–Crippen LogP) is 3.13. The first-order valence-electron chi connectivity index (χ1n) is 5.61. The van der Waals surface area contributed by atoms with Gasteiger partial charge >= 0.3 is 0 Å². The number of benzene rings is 1. The molecule has 3 nitrogen and oxygen atoms in total. The van der Waals surface area contributed by atoms with Gasteiger partial charge in [0.25, 0.3) is 0 Å². The predicted molar refractivity (Wildman–Crippen MR) is 73.6 cm³/mol. The van der Waals surface area contributed by atoms with Crippen molar-refractivity contribution in [2.75, 3.05) is 7.11 Å². The van der Waals surface area contributed by atoms with Gasteiger partial charge in [0.15, 0.2) is 0 Å². The first kappa shape index (κ1) is 13.1. The van der Waals surface area contributed by atoms with Crippen LogP contribution in [0.5, 0.6) is 5.75 Å². The van der Waals surface area contributed by atoms with Gasteiger partial charge in [-0.2, -0.15) is 0 Å². The average molecular weight is 308 g/mol. The van der Waals surface area contributed by atoms with Crippen molar-refractivity contribution in [2.45, 2.75) is 12.5 Å². The maximum atomic E-state index is 10.2. The molecule has 18 heavy (non-hydrogen) atoms. The first-order valence-corrected chi connectivity index (χ1v) is 6.40. The Labute approximate surface area is 115 Å². The number of rotatable bonds is 4. The number of nitrogens with zero attached hydrogens (tertiary/aromatic N) is 1. The van der Waals surface area contributed by atoms with Gasteiger partial charge in [-0.15, -0.1) is 0 Å². The zero-order chi connectivity index (χ0) is 13.0. The van der Waals surface area contributed by atoms with Crippen LogP contribution in [0, 0.1) is 0 Å². The van der Waals surface area contributed by atoms with Gasteiger partial charge in [-0.3, -0.25) is 4.98 Å². The van der Waals surface area contributed by atoms with Gasteiger partial charge in [-0.1, -0.05) is 28.1 Å². The van der Waals surface area contributed by atoms with Gasteiger partial charge in [0.2, 0.25) is 0 Å². The lowest BCUT2D eigenvalue weighted by atomic mass is 10.0. The number of methoxy groups -OCH3 is 1. The van der Waals surface area contributed by atoms with Crippen LogP contribution in [0.4, 0.5) is 0 Å². The molecular weight excluding hydrogens is 294 g/mol. The summed E-state index contributed by atoms with van der Waals surface area (Å²) in [5.74, 6) is 0.613. The average Bonchev–Trinajstić information content (AvgIpc) is 2.41. The van der Waals surface area contributed by atoms with E-state index in [1.165, 1.54) is 0 Å². The third-order valence-electron chi connectivity index (χ3n) is 2.74. The van der Waals surface area contributed by atoms with Gasteiger partial charge in [0.1, 0.15) is 5.75 Å². The van der Waals surface area contributed by atoms with Gasteiger partial charge < -0.3 is 9.84 Å². The molecule has 94 valence electrons. The fraction of sp³-hybridized carbons (Fsp3) is 0.214. The smallest absolute Gasteiger partial charge is 0.142 e. The summed E-state index contributed by atoms with van der Waals surface area (Å²) >= 11 is 3.39. The largest absolute Gasteiger partial charge is 0.495 e. The molecule has 0 aliphatic carbocycles. The SMILES string of the molecule is COc1cnccc1C(O)Cc1ccc(Br)cc1. The van der Waals surface area contributed by atoms with Crippen LogP contribution in [-0.4, -0.2) is 17.2 Å². The third-order valence-corrected chi connectivity index (χ3v) is 3.27. The van der Waals surface area contributed by atoms with Crippen LogP contribution in [0.1, 0.15) is 17.2 Å². The molecule has 2 aromatic rings. The molecule has 1 aromatic heterocycles. The number of halogens is 1. The quantitative estimate of drug-likeness (QED) is 0.943. The van der Waals surface area contributed by atoms with Gasteiger partial charge in [-0.25, -0.2) is 0 Å². The molecule has 0 aliphatic heterocycles. The number of ether oxygens (including phenoxy) is 1. The molecule has 0 fully saturated rings. The van der Waals surface area contributed by atoms with Crippen LogP contribution < -0.4 is 4.74 Å². The second kappa shape index (κ2) is 5.98. The van der Waals surface area contributed by atoms with Gasteiger partial charge in [0.05, 0.1) is 19.4 Å². The summed E-state index contributed by atoms with van der Waals surface area (Å²) in [6.45, 7) is 0. The Hall–Kier alpha value is -1.39. The molecule has 0 bridgehead atoms. The standard InChI is InChI=1S/C14H14BrNO2/c1-18-14-9-16-7-6-12(14)13(17)8-10-2-4-11(15)5-3-10/h2-7,9,13,17H,8H2,1H3. The number of pyridine rings is 1. The highest BCUT2D eigenvalue weighted by molar-refractivity contribution is 9.10. The Morgan fingerprint density at radius 1 is 1.28 bits per heavy atom. The van der Waals surface area contributed by atoms with E-state index >= 15 is 0 Å². The molecule has 2 rings (SSSR count). The summed E-state index contributed by atoms with van der Waals surface area (Å²) in [6.07, 6.45) is 3.22. The Morgan fingerprint density at radius 2 is 2.00 bits per heavy atom. The summed E-state index contributed by atoms with van der Waals surface area (Å²) in [5.41, 5.74) is 1.83. The molecule has 0 radical (unpaired) electrons. The highest BCUT2D eigenvalue weighted by Crippen LogP contribution is 2.26. The Morgan fingerprint density at radius 3 is 2.67 bits per heavy atom. The first-order chi connectivity index (χ1) is 8.70. The number of hydrogen-bond acceptors (Lipinski definition) is 3. The molecule has 0 amide bonds. The third kappa shape index (κ3) is 3.09. The lowest BCUT2D eigenvalue weighted by molar-refractivity contribution is 0.174. The number of aromatic nitrogens is 1. The molecule has 1 unspecified atom stereocenters. The Bertz CT molecular complexity index is 513. The Kier molecular flexibility index (Phi) is 4.33. The van der Waals surface area contributed by atoms with Crippen LogP contribution in [0.3, 0.4) is 0 Å². The molecule has 1 heterocycles. The number of aliphatic hydroxyl groups is 1. The summed E-state index contributed by atoms with van der Waals surface area (Å²) in [5, 5.41) is 10.2. The second-order valence-corrected chi connectivity index (χ2v) is 4.88. The molecule has 0 saturated carbocycles. The molecule has 1 atom stereocenters. The summed E-state index contributed by atoms with van der Waals surface area (Å²) in [6, 6.07) is 9.68. The monoisotopic (exact) mass is 307 g/mol. The maximum absolute atomic E-state index is 10.2. The van der Waals surface area contributed by atoms with Crippen LogP contribution in [-0.2, 0) is 6.42 Å². The van der Waals surface area contributed by atoms with E-state index in [4.69, 9.17) is 4.74 Å².